The monoisotopic (exact) mass is 404 g/mol. The molecule has 0 spiro atoms. The summed E-state index contributed by atoms with van der Waals surface area (Å²) in [5.74, 6) is 1.18. The van der Waals surface area contributed by atoms with Crippen molar-refractivity contribution in [2.75, 3.05) is 0 Å². The van der Waals surface area contributed by atoms with Gasteiger partial charge in [0, 0.05) is 27.0 Å². The lowest BCUT2D eigenvalue weighted by atomic mass is 9.99. The van der Waals surface area contributed by atoms with Crippen LogP contribution in [0.4, 0.5) is 0 Å². The van der Waals surface area contributed by atoms with Gasteiger partial charge in [0.1, 0.15) is 10.7 Å². The summed E-state index contributed by atoms with van der Waals surface area (Å²) in [5.41, 5.74) is 2.19. The molecule has 2 nitrogen and oxygen atoms in total. The highest BCUT2D eigenvalue weighted by atomic mass is 32.1. The van der Waals surface area contributed by atoms with Crippen molar-refractivity contribution in [2.24, 2.45) is 0 Å². The topological polar surface area (TPSA) is 25.8 Å². The molecule has 2 aromatic heterocycles. The number of hydrogen-bond donors (Lipinski definition) is 0. The summed E-state index contributed by atoms with van der Waals surface area (Å²) < 4.78 is 1.26. The minimum Gasteiger partial charge on any atom is -0.232 e. The Labute approximate surface area is 178 Å². The molecule has 4 aromatic carbocycles. The first-order chi connectivity index (χ1) is 14.7. The van der Waals surface area contributed by atoms with Gasteiger partial charge in [-0.3, -0.25) is 0 Å². The molecule has 0 fully saturated rings. The van der Waals surface area contributed by atoms with E-state index in [0.717, 1.165) is 21.9 Å². The normalized spacial score (nSPS) is 12.0. The van der Waals surface area contributed by atoms with Crippen molar-refractivity contribution >= 4 is 53.2 Å². The molecular formula is C27H20N2S. The van der Waals surface area contributed by atoms with Gasteiger partial charge < -0.3 is 0 Å². The highest BCUT2D eigenvalue weighted by Crippen LogP contribution is 2.42. The smallest absolute Gasteiger partial charge is 0.133 e. The van der Waals surface area contributed by atoms with Crippen LogP contribution < -0.4 is 0 Å². The third-order valence-corrected chi connectivity index (χ3v) is 6.83. The van der Waals surface area contributed by atoms with Gasteiger partial charge >= 0.3 is 0 Å². The lowest BCUT2D eigenvalue weighted by Crippen LogP contribution is -1.99. The average Bonchev–Trinajstić information content (AvgIpc) is 3.17. The molecule has 0 saturated heterocycles. The van der Waals surface area contributed by atoms with E-state index in [2.05, 4.69) is 92.7 Å². The molecule has 0 aliphatic heterocycles. The Balaban J connectivity index is 1.78. The van der Waals surface area contributed by atoms with Gasteiger partial charge in [-0.2, -0.15) is 0 Å². The Morgan fingerprint density at radius 1 is 0.700 bits per heavy atom. The summed E-state index contributed by atoms with van der Waals surface area (Å²) in [6.45, 7) is 4.32. The highest BCUT2D eigenvalue weighted by Gasteiger charge is 2.18. The van der Waals surface area contributed by atoms with Crippen molar-refractivity contribution in [3.05, 3.63) is 84.7 Å². The first-order valence-corrected chi connectivity index (χ1v) is 11.1. The van der Waals surface area contributed by atoms with E-state index in [1.54, 1.807) is 11.3 Å². The summed E-state index contributed by atoms with van der Waals surface area (Å²) in [6, 6.07) is 28.2. The second-order valence-corrected chi connectivity index (χ2v) is 9.12. The van der Waals surface area contributed by atoms with Crippen LogP contribution in [0.2, 0.25) is 0 Å². The van der Waals surface area contributed by atoms with Crippen LogP contribution >= 0.6 is 11.3 Å². The van der Waals surface area contributed by atoms with E-state index < -0.39 is 0 Å². The summed E-state index contributed by atoms with van der Waals surface area (Å²) in [4.78, 5) is 11.1. The lowest BCUT2D eigenvalue weighted by Gasteiger charge is -2.10. The predicted octanol–water partition coefficient (Wildman–Crippen LogP) is 7.94. The molecule has 0 radical (unpaired) electrons. The van der Waals surface area contributed by atoms with Gasteiger partial charge in [0.15, 0.2) is 0 Å². The van der Waals surface area contributed by atoms with Crippen molar-refractivity contribution in [3.63, 3.8) is 0 Å². The number of aromatic nitrogens is 2. The first kappa shape index (κ1) is 17.5. The number of hydrogen-bond acceptors (Lipinski definition) is 3. The standard InChI is InChI=1S/C27H20N2S/c1-16(2)26-28-25(20-12-11-17-7-3-4-9-19(17)15-20)24-23-21-10-6-5-8-18(21)13-14-22(23)30-27(24)29-26/h3-16H,1-2H3. The maximum absolute atomic E-state index is 5.10. The molecule has 2 heterocycles. The lowest BCUT2D eigenvalue weighted by molar-refractivity contribution is 0.786. The Morgan fingerprint density at radius 2 is 1.43 bits per heavy atom. The van der Waals surface area contributed by atoms with Crippen LogP contribution in [-0.2, 0) is 0 Å². The molecular weight excluding hydrogens is 384 g/mol. The summed E-state index contributed by atoms with van der Waals surface area (Å²) >= 11 is 1.77. The second kappa shape index (κ2) is 6.61. The van der Waals surface area contributed by atoms with Crippen LogP contribution in [0.1, 0.15) is 25.6 Å². The van der Waals surface area contributed by atoms with Crippen LogP contribution in [-0.4, -0.2) is 9.97 Å². The van der Waals surface area contributed by atoms with E-state index in [1.165, 1.54) is 37.0 Å². The molecule has 0 saturated carbocycles. The fraction of sp³-hybridized carbons (Fsp3) is 0.111. The quantitative estimate of drug-likeness (QED) is 0.293. The van der Waals surface area contributed by atoms with Gasteiger partial charge in [-0.1, -0.05) is 80.6 Å². The molecule has 0 aliphatic carbocycles. The van der Waals surface area contributed by atoms with Gasteiger partial charge in [-0.05, 0) is 33.7 Å². The predicted molar refractivity (Wildman–Crippen MR) is 129 cm³/mol. The molecule has 6 rings (SSSR count). The molecule has 0 aliphatic rings. The minimum atomic E-state index is 0.274. The van der Waals surface area contributed by atoms with Crippen LogP contribution in [0.3, 0.4) is 0 Å². The second-order valence-electron chi connectivity index (χ2n) is 8.09. The molecule has 144 valence electrons. The Morgan fingerprint density at radius 3 is 2.27 bits per heavy atom. The highest BCUT2D eigenvalue weighted by molar-refractivity contribution is 7.25. The average molecular weight is 405 g/mol. The summed E-state index contributed by atoms with van der Waals surface area (Å²) in [5, 5.41) is 7.44. The van der Waals surface area contributed by atoms with E-state index in [0.29, 0.717) is 0 Å². The van der Waals surface area contributed by atoms with E-state index in [-0.39, 0.29) is 5.92 Å². The Bertz CT molecular complexity index is 1580. The van der Waals surface area contributed by atoms with E-state index in [9.17, 15) is 0 Å². The third kappa shape index (κ3) is 2.62. The zero-order valence-corrected chi connectivity index (χ0v) is 17.7. The Hall–Kier alpha value is -3.30. The van der Waals surface area contributed by atoms with Crippen molar-refractivity contribution in [1.29, 1.82) is 0 Å². The zero-order chi connectivity index (χ0) is 20.2. The van der Waals surface area contributed by atoms with E-state index >= 15 is 0 Å². The van der Waals surface area contributed by atoms with Crippen molar-refractivity contribution in [3.8, 4) is 11.3 Å². The number of benzene rings is 4. The largest absolute Gasteiger partial charge is 0.232 e. The number of nitrogens with zero attached hydrogens (tertiary/aromatic N) is 2. The van der Waals surface area contributed by atoms with Gasteiger partial charge in [0.25, 0.3) is 0 Å². The molecule has 6 aromatic rings. The van der Waals surface area contributed by atoms with Crippen molar-refractivity contribution in [1.82, 2.24) is 9.97 Å². The van der Waals surface area contributed by atoms with Crippen LogP contribution in [0.15, 0.2) is 78.9 Å². The SMILES string of the molecule is CC(C)c1nc(-c2ccc3ccccc3c2)c2c(n1)sc1ccc3ccccc3c12. The van der Waals surface area contributed by atoms with Gasteiger partial charge in [0.05, 0.1) is 5.69 Å². The number of fused-ring (bicyclic) bond motifs is 6. The zero-order valence-electron chi connectivity index (χ0n) is 16.9. The van der Waals surface area contributed by atoms with E-state index in [4.69, 9.17) is 9.97 Å². The van der Waals surface area contributed by atoms with Crippen LogP contribution in [0.5, 0.6) is 0 Å². The van der Waals surface area contributed by atoms with Crippen molar-refractivity contribution in [2.45, 2.75) is 19.8 Å². The maximum Gasteiger partial charge on any atom is 0.133 e. The molecule has 0 unspecified atom stereocenters. The number of thiophene rings is 1. The molecule has 0 amide bonds. The fourth-order valence-corrected chi connectivity index (χ4v) is 5.36. The summed E-state index contributed by atoms with van der Waals surface area (Å²) in [6.07, 6.45) is 0. The third-order valence-electron chi connectivity index (χ3n) is 5.78. The van der Waals surface area contributed by atoms with Crippen LogP contribution in [0.25, 0.3) is 53.1 Å². The van der Waals surface area contributed by atoms with Crippen LogP contribution in [0, 0.1) is 0 Å². The minimum absolute atomic E-state index is 0.274. The van der Waals surface area contributed by atoms with Gasteiger partial charge in [-0.15, -0.1) is 11.3 Å². The number of rotatable bonds is 2. The van der Waals surface area contributed by atoms with Gasteiger partial charge in [-0.25, -0.2) is 9.97 Å². The fourth-order valence-electron chi connectivity index (χ4n) is 4.26. The first-order valence-electron chi connectivity index (χ1n) is 10.3. The summed E-state index contributed by atoms with van der Waals surface area (Å²) in [7, 11) is 0. The van der Waals surface area contributed by atoms with Gasteiger partial charge in [0.2, 0.25) is 0 Å². The molecule has 0 N–H and O–H groups in total. The molecule has 3 heteroatoms. The van der Waals surface area contributed by atoms with E-state index in [1.807, 2.05) is 0 Å². The molecule has 0 atom stereocenters. The molecule has 0 bridgehead atoms. The molecule has 30 heavy (non-hydrogen) atoms. The maximum atomic E-state index is 5.10. The van der Waals surface area contributed by atoms with Crippen molar-refractivity contribution < 1.29 is 0 Å². The Kier molecular flexibility index (Phi) is 3.87.